The predicted octanol–water partition coefficient (Wildman–Crippen LogP) is 1.63. The number of hydrogen-bond donors (Lipinski definition) is 0. The molecule has 0 bridgehead atoms. The molecule has 0 saturated heterocycles. The van der Waals surface area contributed by atoms with Gasteiger partial charge in [-0.25, -0.2) is 0 Å². The van der Waals surface area contributed by atoms with Gasteiger partial charge in [0.2, 0.25) is 0 Å². The molecule has 0 aliphatic rings. The SMILES string of the molecule is CCOC=C(C(C)=O)C(=O)C(F)(F)F. The lowest BCUT2D eigenvalue weighted by Gasteiger charge is -2.06. The van der Waals surface area contributed by atoms with Crippen molar-refractivity contribution in [3.63, 3.8) is 0 Å². The van der Waals surface area contributed by atoms with Crippen LogP contribution in [0.2, 0.25) is 0 Å². The van der Waals surface area contributed by atoms with Crippen molar-refractivity contribution < 1.29 is 27.5 Å². The Labute approximate surface area is 78.5 Å². The van der Waals surface area contributed by atoms with Crippen LogP contribution in [0.4, 0.5) is 13.2 Å². The van der Waals surface area contributed by atoms with Crippen molar-refractivity contribution in [2.45, 2.75) is 20.0 Å². The third-order valence-electron chi connectivity index (χ3n) is 1.25. The van der Waals surface area contributed by atoms with Crippen LogP contribution in [0.1, 0.15) is 13.8 Å². The minimum atomic E-state index is -5.05. The first-order chi connectivity index (χ1) is 6.30. The summed E-state index contributed by atoms with van der Waals surface area (Å²) in [5, 5.41) is 0. The van der Waals surface area contributed by atoms with Crippen LogP contribution in [0.25, 0.3) is 0 Å². The van der Waals surface area contributed by atoms with E-state index in [-0.39, 0.29) is 6.61 Å². The number of rotatable bonds is 4. The summed E-state index contributed by atoms with van der Waals surface area (Å²) in [6.45, 7) is 2.47. The molecule has 0 aliphatic heterocycles. The predicted molar refractivity (Wildman–Crippen MR) is 41.5 cm³/mol. The zero-order chi connectivity index (χ0) is 11.4. The molecule has 80 valence electrons. The molecule has 6 heteroatoms. The maximum Gasteiger partial charge on any atom is 0.455 e. The number of Topliss-reactive ketones (excluding diaryl/α,β-unsaturated/α-hetero) is 2. The highest BCUT2D eigenvalue weighted by molar-refractivity contribution is 6.21. The lowest BCUT2D eigenvalue weighted by atomic mass is 10.1. The molecular weight excluding hydrogens is 201 g/mol. The first kappa shape index (κ1) is 12.7. The van der Waals surface area contributed by atoms with E-state index >= 15 is 0 Å². The second kappa shape index (κ2) is 4.78. The van der Waals surface area contributed by atoms with Crippen LogP contribution in [-0.4, -0.2) is 24.3 Å². The van der Waals surface area contributed by atoms with Crippen molar-refractivity contribution in [3.8, 4) is 0 Å². The molecule has 0 saturated carbocycles. The van der Waals surface area contributed by atoms with Crippen LogP contribution in [0, 0.1) is 0 Å². The lowest BCUT2D eigenvalue weighted by molar-refractivity contribution is -0.167. The Bertz CT molecular complexity index is 265. The van der Waals surface area contributed by atoms with E-state index in [1.165, 1.54) is 6.92 Å². The largest absolute Gasteiger partial charge is 0.501 e. The number of alkyl halides is 3. The molecule has 0 aromatic heterocycles. The van der Waals surface area contributed by atoms with Gasteiger partial charge in [0.1, 0.15) is 5.57 Å². The molecule has 0 radical (unpaired) electrons. The summed E-state index contributed by atoms with van der Waals surface area (Å²) in [4.78, 5) is 21.3. The number of halogens is 3. The third-order valence-corrected chi connectivity index (χ3v) is 1.25. The standard InChI is InChI=1S/C8H9F3O3/c1-3-14-4-6(5(2)12)7(13)8(9,10)11/h4H,3H2,1-2H3. The molecule has 0 unspecified atom stereocenters. The quantitative estimate of drug-likeness (QED) is 0.306. The maximum absolute atomic E-state index is 11.9. The first-order valence-electron chi connectivity index (χ1n) is 3.75. The molecule has 0 fully saturated rings. The molecule has 3 nitrogen and oxygen atoms in total. The molecular formula is C8H9F3O3. The van der Waals surface area contributed by atoms with E-state index in [2.05, 4.69) is 4.74 Å². The summed E-state index contributed by atoms with van der Waals surface area (Å²) in [7, 11) is 0. The Kier molecular flexibility index (Phi) is 4.33. The van der Waals surface area contributed by atoms with Crippen LogP contribution in [0.15, 0.2) is 11.8 Å². The Morgan fingerprint density at radius 3 is 2.14 bits per heavy atom. The summed E-state index contributed by atoms with van der Waals surface area (Å²) in [5.74, 6) is -3.15. The molecule has 0 N–H and O–H groups in total. The minimum absolute atomic E-state index is 0.0852. The van der Waals surface area contributed by atoms with E-state index in [0.29, 0.717) is 6.26 Å². The topological polar surface area (TPSA) is 43.4 Å². The van der Waals surface area contributed by atoms with Gasteiger partial charge in [0.05, 0.1) is 12.9 Å². The van der Waals surface area contributed by atoms with Crippen LogP contribution in [-0.2, 0) is 14.3 Å². The number of hydrogen-bond acceptors (Lipinski definition) is 3. The average Bonchev–Trinajstić information content (AvgIpc) is 2.02. The van der Waals surface area contributed by atoms with Crippen LogP contribution >= 0.6 is 0 Å². The van der Waals surface area contributed by atoms with Crippen LogP contribution in [0.3, 0.4) is 0 Å². The molecule has 0 heterocycles. The molecule has 0 rings (SSSR count). The fourth-order valence-corrected chi connectivity index (χ4v) is 0.616. The van der Waals surface area contributed by atoms with Crippen molar-refractivity contribution in [3.05, 3.63) is 11.8 Å². The monoisotopic (exact) mass is 210 g/mol. The van der Waals surface area contributed by atoms with Crippen molar-refractivity contribution in [2.24, 2.45) is 0 Å². The number of carbonyl (C=O) groups excluding carboxylic acids is 2. The summed E-state index contributed by atoms with van der Waals surface area (Å²) >= 11 is 0. The van der Waals surface area contributed by atoms with Crippen molar-refractivity contribution in [1.29, 1.82) is 0 Å². The van der Waals surface area contributed by atoms with E-state index in [4.69, 9.17) is 0 Å². The van der Waals surface area contributed by atoms with Crippen LogP contribution < -0.4 is 0 Å². The Hall–Kier alpha value is -1.33. The Morgan fingerprint density at radius 1 is 1.36 bits per heavy atom. The lowest BCUT2D eigenvalue weighted by Crippen LogP contribution is -2.27. The van der Waals surface area contributed by atoms with E-state index in [1.807, 2.05) is 0 Å². The molecule has 0 aromatic carbocycles. The second-order valence-corrected chi connectivity index (χ2v) is 2.37. The molecule has 0 aliphatic carbocycles. The highest BCUT2D eigenvalue weighted by atomic mass is 19.4. The zero-order valence-electron chi connectivity index (χ0n) is 7.64. The van der Waals surface area contributed by atoms with Gasteiger partial charge in [0.15, 0.2) is 5.78 Å². The maximum atomic E-state index is 11.9. The number of carbonyl (C=O) groups is 2. The minimum Gasteiger partial charge on any atom is -0.501 e. The molecule has 0 spiro atoms. The van der Waals surface area contributed by atoms with Gasteiger partial charge in [-0.1, -0.05) is 0 Å². The summed E-state index contributed by atoms with van der Waals surface area (Å²) in [5.41, 5.74) is -0.987. The highest BCUT2D eigenvalue weighted by Gasteiger charge is 2.42. The summed E-state index contributed by atoms with van der Waals surface area (Å²) < 4.78 is 40.1. The fraction of sp³-hybridized carbons (Fsp3) is 0.500. The number of ether oxygens (including phenoxy) is 1. The van der Waals surface area contributed by atoms with E-state index in [9.17, 15) is 22.8 Å². The number of ketones is 2. The zero-order valence-corrected chi connectivity index (χ0v) is 7.64. The normalized spacial score (nSPS) is 12.5. The van der Waals surface area contributed by atoms with Gasteiger partial charge < -0.3 is 4.74 Å². The van der Waals surface area contributed by atoms with Gasteiger partial charge in [-0.2, -0.15) is 13.2 Å². The average molecular weight is 210 g/mol. The van der Waals surface area contributed by atoms with E-state index < -0.39 is 23.3 Å². The Balaban J connectivity index is 4.86. The molecule has 0 amide bonds. The van der Waals surface area contributed by atoms with Gasteiger partial charge in [-0.3, -0.25) is 9.59 Å². The van der Waals surface area contributed by atoms with E-state index in [1.54, 1.807) is 0 Å². The smallest absolute Gasteiger partial charge is 0.455 e. The molecule has 0 atom stereocenters. The van der Waals surface area contributed by atoms with Gasteiger partial charge in [-0.05, 0) is 13.8 Å². The van der Waals surface area contributed by atoms with Gasteiger partial charge >= 0.3 is 6.18 Å². The van der Waals surface area contributed by atoms with E-state index in [0.717, 1.165) is 6.92 Å². The third kappa shape index (κ3) is 3.59. The van der Waals surface area contributed by atoms with Crippen molar-refractivity contribution >= 4 is 11.6 Å². The van der Waals surface area contributed by atoms with Gasteiger partial charge in [0.25, 0.3) is 5.78 Å². The van der Waals surface area contributed by atoms with Crippen molar-refractivity contribution in [1.82, 2.24) is 0 Å². The molecule has 14 heavy (non-hydrogen) atoms. The van der Waals surface area contributed by atoms with Crippen LogP contribution in [0.5, 0.6) is 0 Å². The Morgan fingerprint density at radius 2 is 1.86 bits per heavy atom. The second-order valence-electron chi connectivity index (χ2n) is 2.37. The van der Waals surface area contributed by atoms with Gasteiger partial charge in [0, 0.05) is 0 Å². The summed E-state index contributed by atoms with van der Waals surface area (Å²) in [6.07, 6.45) is -4.51. The van der Waals surface area contributed by atoms with Crippen molar-refractivity contribution in [2.75, 3.05) is 6.61 Å². The summed E-state index contributed by atoms with van der Waals surface area (Å²) in [6, 6.07) is 0. The first-order valence-corrected chi connectivity index (χ1v) is 3.75. The highest BCUT2D eigenvalue weighted by Crippen LogP contribution is 2.21. The fourth-order valence-electron chi connectivity index (χ4n) is 0.616. The number of allylic oxidation sites excluding steroid dienone is 1. The molecule has 0 aromatic rings. The van der Waals surface area contributed by atoms with Gasteiger partial charge in [-0.15, -0.1) is 0 Å².